The maximum absolute atomic E-state index is 5.81. The summed E-state index contributed by atoms with van der Waals surface area (Å²) in [4.78, 5) is 2.52. The molecule has 1 aromatic rings. The quantitative estimate of drug-likeness (QED) is 0.819. The van der Waals surface area contributed by atoms with E-state index in [1.807, 2.05) is 30.3 Å². The zero-order valence-corrected chi connectivity index (χ0v) is 11.3. The largest absolute Gasteiger partial charge is 0.493 e. The minimum Gasteiger partial charge on any atom is -0.493 e. The third kappa shape index (κ3) is 4.57. The highest BCUT2D eigenvalue weighted by Crippen LogP contribution is 2.18. The van der Waals surface area contributed by atoms with Gasteiger partial charge >= 0.3 is 0 Å². The van der Waals surface area contributed by atoms with Gasteiger partial charge in [0.1, 0.15) is 5.75 Å². The molecule has 1 aliphatic heterocycles. The molecule has 1 atom stereocenters. The third-order valence-corrected chi connectivity index (χ3v) is 3.28. The summed E-state index contributed by atoms with van der Waals surface area (Å²) in [5.74, 6) is 1.70. The van der Waals surface area contributed by atoms with E-state index in [4.69, 9.17) is 4.74 Å². The maximum Gasteiger partial charge on any atom is 0.119 e. The van der Waals surface area contributed by atoms with Gasteiger partial charge in [0.05, 0.1) is 6.61 Å². The van der Waals surface area contributed by atoms with Crippen molar-refractivity contribution in [3.63, 3.8) is 0 Å². The van der Waals surface area contributed by atoms with Crippen molar-refractivity contribution in [1.82, 2.24) is 4.90 Å². The van der Waals surface area contributed by atoms with Crippen LogP contribution >= 0.6 is 12.4 Å². The van der Waals surface area contributed by atoms with Crippen molar-refractivity contribution in [2.45, 2.75) is 19.8 Å². The van der Waals surface area contributed by atoms with Gasteiger partial charge in [0, 0.05) is 12.5 Å². The lowest BCUT2D eigenvalue weighted by molar-refractivity contribution is 0.135. The van der Waals surface area contributed by atoms with E-state index in [-0.39, 0.29) is 12.4 Å². The molecule has 0 amide bonds. The highest BCUT2D eigenvalue weighted by molar-refractivity contribution is 5.85. The van der Waals surface area contributed by atoms with E-state index < -0.39 is 0 Å². The van der Waals surface area contributed by atoms with Gasteiger partial charge in [-0.1, -0.05) is 25.1 Å². The standard InChI is InChI=1S/C14H21NO.ClH/c1-2-15-10-6-7-13(11-15)12-16-14-8-4-3-5-9-14;/h3-5,8-9,13H,2,6-7,10-12H2,1H3;1H. The summed E-state index contributed by atoms with van der Waals surface area (Å²) in [6.45, 7) is 6.73. The lowest BCUT2D eigenvalue weighted by Gasteiger charge is -2.31. The average Bonchev–Trinajstić information content (AvgIpc) is 2.38. The van der Waals surface area contributed by atoms with Crippen LogP contribution in [0.2, 0.25) is 0 Å². The molecule has 1 fully saturated rings. The van der Waals surface area contributed by atoms with E-state index in [1.165, 1.54) is 32.5 Å². The second-order valence-electron chi connectivity index (χ2n) is 4.53. The Hall–Kier alpha value is -0.730. The van der Waals surface area contributed by atoms with Crippen molar-refractivity contribution in [1.29, 1.82) is 0 Å². The van der Waals surface area contributed by atoms with Crippen LogP contribution in [0.4, 0.5) is 0 Å². The van der Waals surface area contributed by atoms with E-state index in [9.17, 15) is 0 Å². The van der Waals surface area contributed by atoms with Crippen LogP contribution in [0.3, 0.4) is 0 Å². The first-order valence-corrected chi connectivity index (χ1v) is 6.28. The van der Waals surface area contributed by atoms with E-state index in [0.29, 0.717) is 5.92 Å². The normalized spacial score (nSPS) is 20.6. The average molecular weight is 256 g/mol. The molecule has 2 rings (SSSR count). The number of hydrogen-bond acceptors (Lipinski definition) is 2. The summed E-state index contributed by atoms with van der Waals surface area (Å²) in [5, 5.41) is 0. The zero-order chi connectivity index (χ0) is 11.2. The number of benzene rings is 1. The predicted molar refractivity (Wildman–Crippen MR) is 74.0 cm³/mol. The van der Waals surface area contributed by atoms with Gasteiger partial charge in [0.25, 0.3) is 0 Å². The van der Waals surface area contributed by atoms with Crippen molar-refractivity contribution >= 4 is 12.4 Å². The Morgan fingerprint density at radius 1 is 1.29 bits per heavy atom. The zero-order valence-electron chi connectivity index (χ0n) is 10.5. The summed E-state index contributed by atoms with van der Waals surface area (Å²) in [6, 6.07) is 10.1. The fourth-order valence-electron chi connectivity index (χ4n) is 2.31. The molecule has 1 aliphatic rings. The van der Waals surface area contributed by atoms with Crippen LogP contribution in [-0.4, -0.2) is 31.1 Å². The Kier molecular flexibility index (Phi) is 6.38. The molecule has 1 heterocycles. The van der Waals surface area contributed by atoms with Gasteiger partial charge < -0.3 is 9.64 Å². The number of nitrogens with zero attached hydrogens (tertiary/aromatic N) is 1. The molecule has 2 nitrogen and oxygen atoms in total. The van der Waals surface area contributed by atoms with Crippen molar-refractivity contribution in [2.75, 3.05) is 26.2 Å². The molecule has 0 saturated carbocycles. The van der Waals surface area contributed by atoms with Crippen LogP contribution in [0.15, 0.2) is 30.3 Å². The topological polar surface area (TPSA) is 12.5 Å². The van der Waals surface area contributed by atoms with Crippen molar-refractivity contribution in [3.05, 3.63) is 30.3 Å². The van der Waals surface area contributed by atoms with Crippen LogP contribution in [0.5, 0.6) is 5.75 Å². The number of hydrogen-bond donors (Lipinski definition) is 0. The molecular weight excluding hydrogens is 234 g/mol. The Morgan fingerprint density at radius 2 is 2.06 bits per heavy atom. The Balaban J connectivity index is 0.00000144. The highest BCUT2D eigenvalue weighted by Gasteiger charge is 2.18. The van der Waals surface area contributed by atoms with Crippen LogP contribution in [-0.2, 0) is 0 Å². The molecule has 0 aromatic heterocycles. The molecule has 3 heteroatoms. The second kappa shape index (κ2) is 7.57. The number of rotatable bonds is 4. The molecule has 1 saturated heterocycles. The molecule has 0 aliphatic carbocycles. The fraction of sp³-hybridized carbons (Fsp3) is 0.571. The van der Waals surface area contributed by atoms with Crippen molar-refractivity contribution < 1.29 is 4.74 Å². The Morgan fingerprint density at radius 3 is 2.76 bits per heavy atom. The van der Waals surface area contributed by atoms with Gasteiger partial charge in [0.2, 0.25) is 0 Å². The Labute approximate surface area is 110 Å². The number of ether oxygens (including phenoxy) is 1. The minimum absolute atomic E-state index is 0. The van der Waals surface area contributed by atoms with Gasteiger partial charge in [-0.15, -0.1) is 12.4 Å². The van der Waals surface area contributed by atoms with Gasteiger partial charge in [-0.2, -0.15) is 0 Å². The summed E-state index contributed by atoms with van der Waals surface area (Å²) < 4.78 is 5.81. The molecule has 0 bridgehead atoms. The smallest absolute Gasteiger partial charge is 0.119 e. The minimum atomic E-state index is 0. The van der Waals surface area contributed by atoms with E-state index >= 15 is 0 Å². The maximum atomic E-state index is 5.81. The van der Waals surface area contributed by atoms with Gasteiger partial charge in [-0.25, -0.2) is 0 Å². The first kappa shape index (κ1) is 14.3. The summed E-state index contributed by atoms with van der Waals surface area (Å²) in [6.07, 6.45) is 2.62. The van der Waals surface area contributed by atoms with E-state index in [2.05, 4.69) is 11.8 Å². The second-order valence-corrected chi connectivity index (χ2v) is 4.53. The highest BCUT2D eigenvalue weighted by atomic mass is 35.5. The van der Waals surface area contributed by atoms with Crippen molar-refractivity contribution in [2.24, 2.45) is 5.92 Å². The molecule has 0 N–H and O–H groups in total. The van der Waals surface area contributed by atoms with Gasteiger partial charge in [-0.3, -0.25) is 0 Å². The molecule has 0 radical (unpaired) electrons. The number of piperidine rings is 1. The number of para-hydroxylation sites is 1. The predicted octanol–water partition coefficient (Wildman–Crippen LogP) is 3.22. The SMILES string of the molecule is CCN1CCCC(COc2ccccc2)C1.Cl. The molecule has 1 unspecified atom stereocenters. The van der Waals surface area contributed by atoms with Crippen molar-refractivity contribution in [3.8, 4) is 5.75 Å². The summed E-state index contributed by atoms with van der Waals surface area (Å²) in [5.41, 5.74) is 0. The lowest BCUT2D eigenvalue weighted by Crippen LogP contribution is -2.37. The van der Waals surface area contributed by atoms with Crippen LogP contribution in [0.25, 0.3) is 0 Å². The van der Waals surface area contributed by atoms with Gasteiger partial charge in [0.15, 0.2) is 0 Å². The van der Waals surface area contributed by atoms with Gasteiger partial charge in [-0.05, 0) is 38.1 Å². The Bertz CT molecular complexity index is 304. The molecule has 0 spiro atoms. The number of likely N-dealkylation sites (tertiary alicyclic amines) is 1. The third-order valence-electron chi connectivity index (χ3n) is 3.28. The van der Waals surface area contributed by atoms with Crippen LogP contribution in [0, 0.1) is 5.92 Å². The lowest BCUT2D eigenvalue weighted by atomic mass is 9.99. The molecule has 1 aromatic carbocycles. The van der Waals surface area contributed by atoms with Crippen LogP contribution in [0.1, 0.15) is 19.8 Å². The first-order chi connectivity index (χ1) is 7.88. The fourth-order valence-corrected chi connectivity index (χ4v) is 2.31. The summed E-state index contributed by atoms with van der Waals surface area (Å²) >= 11 is 0. The molecule has 17 heavy (non-hydrogen) atoms. The summed E-state index contributed by atoms with van der Waals surface area (Å²) in [7, 11) is 0. The molecular formula is C14H22ClNO. The van der Waals surface area contributed by atoms with E-state index in [0.717, 1.165) is 12.4 Å². The van der Waals surface area contributed by atoms with Crippen LogP contribution < -0.4 is 4.74 Å². The first-order valence-electron chi connectivity index (χ1n) is 6.28. The van der Waals surface area contributed by atoms with E-state index in [1.54, 1.807) is 0 Å². The number of halogens is 1. The molecule has 96 valence electrons. The monoisotopic (exact) mass is 255 g/mol.